The Morgan fingerprint density at radius 3 is 2.02 bits per heavy atom. The molecule has 222 valence electrons. The number of methoxy groups -OCH3 is 4. The summed E-state index contributed by atoms with van der Waals surface area (Å²) in [4.78, 5) is 25.9. The van der Waals surface area contributed by atoms with Crippen molar-refractivity contribution in [2.45, 2.75) is 45.1 Å². The summed E-state index contributed by atoms with van der Waals surface area (Å²) in [5.74, 6) is 0.842. The molecule has 2 aromatic rings. The molecule has 3 aliphatic heterocycles. The number of hydrogen-bond acceptors (Lipinski definition) is 8. The quantitative estimate of drug-likeness (QED) is 0.471. The van der Waals surface area contributed by atoms with Crippen LogP contribution in [-0.2, 0) is 22.4 Å². The van der Waals surface area contributed by atoms with Gasteiger partial charge in [0.2, 0.25) is 0 Å². The van der Waals surface area contributed by atoms with Gasteiger partial charge in [0.25, 0.3) is 0 Å². The first-order valence-corrected chi connectivity index (χ1v) is 14.0. The highest BCUT2D eigenvalue weighted by Gasteiger charge is 2.39. The van der Waals surface area contributed by atoms with E-state index in [2.05, 4.69) is 36.1 Å². The normalized spacial score (nSPS) is 21.1. The van der Waals surface area contributed by atoms with Crippen molar-refractivity contribution < 1.29 is 38.7 Å². The van der Waals surface area contributed by atoms with Gasteiger partial charge in [-0.15, -0.1) is 0 Å². The van der Waals surface area contributed by atoms with Crippen LogP contribution in [-0.4, -0.2) is 80.8 Å². The molecule has 3 atom stereocenters. The summed E-state index contributed by atoms with van der Waals surface area (Å²) in [6, 6.07) is 9.10. The highest BCUT2D eigenvalue weighted by molar-refractivity contribution is 6.27. The van der Waals surface area contributed by atoms with Gasteiger partial charge in [-0.1, -0.05) is 13.3 Å². The zero-order valence-electron chi connectivity index (χ0n) is 24.4. The average molecular weight is 569 g/mol. The second kappa shape index (κ2) is 13.2. The Bertz CT molecular complexity index is 1300. The smallest absolute Gasteiger partial charge is 0.414 e. The molecule has 5 rings (SSSR count). The van der Waals surface area contributed by atoms with Gasteiger partial charge in [0.05, 0.1) is 28.4 Å². The Morgan fingerprint density at radius 2 is 1.44 bits per heavy atom. The first kappa shape index (κ1) is 30.2. The summed E-state index contributed by atoms with van der Waals surface area (Å²) in [6.45, 7) is 5.44. The average Bonchev–Trinajstić information content (AvgIpc) is 2.99. The molecule has 10 heteroatoms. The van der Waals surface area contributed by atoms with Crippen LogP contribution in [0.3, 0.4) is 0 Å². The number of aliphatic carboxylic acids is 2. The van der Waals surface area contributed by atoms with Crippen LogP contribution < -0.4 is 18.9 Å². The summed E-state index contributed by atoms with van der Waals surface area (Å²) < 4.78 is 22.4. The van der Waals surface area contributed by atoms with E-state index in [9.17, 15) is 0 Å². The number of carboxylic acid groups (broad SMARTS) is 2. The van der Waals surface area contributed by atoms with Crippen LogP contribution in [0.1, 0.15) is 54.5 Å². The van der Waals surface area contributed by atoms with Crippen molar-refractivity contribution in [3.63, 3.8) is 0 Å². The van der Waals surface area contributed by atoms with Crippen molar-refractivity contribution in [2.24, 2.45) is 16.8 Å². The van der Waals surface area contributed by atoms with Crippen molar-refractivity contribution in [1.82, 2.24) is 4.90 Å². The van der Waals surface area contributed by atoms with Crippen LogP contribution in [0.15, 0.2) is 29.3 Å². The maximum atomic E-state index is 9.10. The van der Waals surface area contributed by atoms with Crippen LogP contribution in [0.25, 0.3) is 0 Å². The van der Waals surface area contributed by atoms with E-state index < -0.39 is 11.9 Å². The van der Waals surface area contributed by atoms with Crippen LogP contribution in [0.4, 0.5) is 0 Å². The molecule has 0 amide bonds. The number of nitrogens with zero attached hydrogens (tertiary/aromatic N) is 2. The fraction of sp³-hybridized carbons (Fsp3) is 0.516. The third-order valence-corrected chi connectivity index (χ3v) is 8.54. The van der Waals surface area contributed by atoms with Crippen molar-refractivity contribution in [3.8, 4) is 23.0 Å². The lowest BCUT2D eigenvalue weighted by Crippen LogP contribution is -2.46. The summed E-state index contributed by atoms with van der Waals surface area (Å²) >= 11 is 0. The summed E-state index contributed by atoms with van der Waals surface area (Å²) in [5.41, 5.74) is 6.59. The fourth-order valence-corrected chi connectivity index (χ4v) is 6.43. The summed E-state index contributed by atoms with van der Waals surface area (Å²) in [7, 11) is 6.85. The van der Waals surface area contributed by atoms with E-state index in [0.29, 0.717) is 17.9 Å². The fourth-order valence-electron chi connectivity index (χ4n) is 6.43. The second-order valence-electron chi connectivity index (χ2n) is 10.6. The van der Waals surface area contributed by atoms with Crippen LogP contribution in [0, 0.1) is 11.8 Å². The van der Waals surface area contributed by atoms with E-state index in [1.54, 1.807) is 28.4 Å². The molecule has 0 saturated carbocycles. The van der Waals surface area contributed by atoms with E-state index in [0.717, 1.165) is 68.3 Å². The number of carboxylic acids is 2. The monoisotopic (exact) mass is 568 g/mol. The maximum absolute atomic E-state index is 9.10. The highest BCUT2D eigenvalue weighted by Crippen LogP contribution is 2.46. The van der Waals surface area contributed by atoms with Gasteiger partial charge in [-0.05, 0) is 78.5 Å². The lowest BCUT2D eigenvalue weighted by Gasteiger charge is -2.47. The zero-order valence-corrected chi connectivity index (χ0v) is 24.4. The standard InChI is InChI=1S/C29H38N2O4.C2H2O4/c1-6-18-17-31-10-8-20-14-27(33-3)29(35-5)16-23(20)25(31)12-21(18)11-24-22-15-28(34-4)26(32-2)13-19(22)7-9-30-24;3-1(4)2(5)6/h13-16,18,21,25H,6-12,17H2,1-5H3;(H,3,4)(H,5,6)/t18-,21-,25-;/m0./s1. The minimum atomic E-state index is -1.82. The third-order valence-electron chi connectivity index (χ3n) is 8.54. The Morgan fingerprint density at radius 1 is 0.854 bits per heavy atom. The Labute approximate surface area is 240 Å². The molecule has 0 bridgehead atoms. The zero-order chi connectivity index (χ0) is 29.7. The molecule has 3 aliphatic rings. The van der Waals surface area contributed by atoms with Crippen molar-refractivity contribution >= 4 is 17.7 Å². The maximum Gasteiger partial charge on any atom is 0.414 e. The van der Waals surface area contributed by atoms with Crippen LogP contribution in [0.5, 0.6) is 23.0 Å². The molecule has 0 spiro atoms. The first-order chi connectivity index (χ1) is 19.7. The number of rotatable bonds is 7. The van der Waals surface area contributed by atoms with Gasteiger partial charge in [-0.3, -0.25) is 9.89 Å². The molecule has 2 aromatic carbocycles. The van der Waals surface area contributed by atoms with E-state index in [4.69, 9.17) is 43.7 Å². The molecule has 0 unspecified atom stereocenters. The molecule has 1 saturated heterocycles. The molecular weight excluding hydrogens is 528 g/mol. The third kappa shape index (κ3) is 6.43. The molecule has 3 heterocycles. The van der Waals surface area contributed by atoms with E-state index in [1.165, 1.54) is 34.4 Å². The lowest BCUT2D eigenvalue weighted by molar-refractivity contribution is -0.159. The van der Waals surface area contributed by atoms with Gasteiger partial charge in [-0.25, -0.2) is 9.59 Å². The van der Waals surface area contributed by atoms with Gasteiger partial charge in [0.15, 0.2) is 23.0 Å². The molecule has 0 aliphatic carbocycles. The molecule has 0 aromatic heterocycles. The Hall–Kier alpha value is -3.79. The van der Waals surface area contributed by atoms with Crippen LogP contribution >= 0.6 is 0 Å². The number of hydrogen-bond donors (Lipinski definition) is 2. The van der Waals surface area contributed by atoms with Gasteiger partial charge in [0.1, 0.15) is 0 Å². The molecule has 10 nitrogen and oxygen atoms in total. The number of carbonyl (C=O) groups is 2. The number of benzene rings is 2. The minimum absolute atomic E-state index is 0.417. The molecule has 41 heavy (non-hydrogen) atoms. The van der Waals surface area contributed by atoms with Crippen molar-refractivity contribution in [3.05, 3.63) is 46.5 Å². The van der Waals surface area contributed by atoms with E-state index in [-0.39, 0.29) is 0 Å². The number of ether oxygens (including phenoxy) is 4. The Kier molecular flexibility index (Phi) is 9.75. The van der Waals surface area contributed by atoms with Gasteiger partial charge < -0.3 is 29.2 Å². The first-order valence-electron chi connectivity index (χ1n) is 14.0. The SMILES string of the molecule is CC[C@H]1CN2CCc3cc(OC)c(OC)cc3[C@@H]2C[C@@H]1CC1=NCCc2cc(OC)c(OC)cc21.O=C(O)C(=O)O. The molecular formula is C31H40N2O8. The topological polar surface area (TPSA) is 127 Å². The molecule has 2 N–H and O–H groups in total. The number of piperidine rings is 1. The number of aliphatic imine (C=N–C) groups is 1. The molecule has 1 fully saturated rings. The minimum Gasteiger partial charge on any atom is -0.493 e. The van der Waals surface area contributed by atoms with Gasteiger partial charge in [-0.2, -0.15) is 0 Å². The van der Waals surface area contributed by atoms with E-state index in [1.807, 2.05) is 0 Å². The highest BCUT2D eigenvalue weighted by atomic mass is 16.5. The Balaban J connectivity index is 0.000000585. The number of fused-ring (bicyclic) bond motifs is 4. The predicted octanol–water partition coefficient (Wildman–Crippen LogP) is 4.26. The van der Waals surface area contributed by atoms with Gasteiger partial charge >= 0.3 is 11.9 Å². The summed E-state index contributed by atoms with van der Waals surface area (Å²) in [5, 5.41) is 14.8. The largest absolute Gasteiger partial charge is 0.493 e. The summed E-state index contributed by atoms with van der Waals surface area (Å²) in [6.07, 6.45) is 5.36. The predicted molar refractivity (Wildman–Crippen MR) is 154 cm³/mol. The van der Waals surface area contributed by atoms with E-state index >= 15 is 0 Å². The van der Waals surface area contributed by atoms with Crippen molar-refractivity contribution in [2.75, 3.05) is 48.1 Å². The molecule has 0 radical (unpaired) electrons. The second-order valence-corrected chi connectivity index (χ2v) is 10.6. The van der Waals surface area contributed by atoms with Gasteiger partial charge in [0, 0.05) is 37.0 Å². The van der Waals surface area contributed by atoms with Crippen LogP contribution in [0.2, 0.25) is 0 Å². The van der Waals surface area contributed by atoms with Crippen molar-refractivity contribution in [1.29, 1.82) is 0 Å². The lowest BCUT2D eigenvalue weighted by atomic mass is 9.73.